The third kappa shape index (κ3) is 5.05. The SMILES string of the molecule is COc1ccccc1NCC(=O)NCCCCN. The van der Waals surface area contributed by atoms with Crippen LogP contribution >= 0.6 is 0 Å². The Labute approximate surface area is 108 Å². The number of nitrogens with one attached hydrogen (secondary N) is 2. The molecule has 0 aliphatic heterocycles. The van der Waals surface area contributed by atoms with E-state index in [1.54, 1.807) is 7.11 Å². The van der Waals surface area contributed by atoms with Gasteiger partial charge in [-0.15, -0.1) is 0 Å². The molecule has 0 atom stereocenters. The van der Waals surface area contributed by atoms with Crippen molar-refractivity contribution >= 4 is 11.6 Å². The van der Waals surface area contributed by atoms with Crippen molar-refractivity contribution in [1.82, 2.24) is 5.32 Å². The van der Waals surface area contributed by atoms with E-state index in [0.717, 1.165) is 24.3 Å². The smallest absolute Gasteiger partial charge is 0.239 e. The lowest BCUT2D eigenvalue weighted by Crippen LogP contribution is -2.30. The normalized spacial score (nSPS) is 9.89. The van der Waals surface area contributed by atoms with Gasteiger partial charge in [0, 0.05) is 6.54 Å². The predicted octanol–water partition coefficient (Wildman–Crippen LogP) is 0.962. The molecule has 5 heteroatoms. The Kier molecular flexibility index (Phi) is 6.64. The third-order valence-corrected chi connectivity index (χ3v) is 2.50. The molecule has 0 fully saturated rings. The summed E-state index contributed by atoms with van der Waals surface area (Å²) < 4.78 is 5.18. The maximum atomic E-state index is 11.5. The third-order valence-electron chi connectivity index (χ3n) is 2.50. The Morgan fingerprint density at radius 3 is 2.83 bits per heavy atom. The molecule has 0 aliphatic carbocycles. The van der Waals surface area contributed by atoms with E-state index in [9.17, 15) is 4.79 Å². The first kappa shape index (κ1) is 14.3. The van der Waals surface area contributed by atoms with Crippen LogP contribution in [0.1, 0.15) is 12.8 Å². The van der Waals surface area contributed by atoms with E-state index in [1.165, 1.54) is 0 Å². The topological polar surface area (TPSA) is 76.4 Å². The summed E-state index contributed by atoms with van der Waals surface area (Å²) in [6.45, 7) is 1.57. The molecule has 100 valence electrons. The number of carbonyl (C=O) groups is 1. The van der Waals surface area contributed by atoms with Gasteiger partial charge in [0.2, 0.25) is 5.91 Å². The fourth-order valence-corrected chi connectivity index (χ4v) is 1.53. The average molecular weight is 251 g/mol. The second kappa shape index (κ2) is 8.36. The maximum Gasteiger partial charge on any atom is 0.239 e. The van der Waals surface area contributed by atoms with Crippen LogP contribution in [0, 0.1) is 0 Å². The van der Waals surface area contributed by atoms with Gasteiger partial charge in [0.1, 0.15) is 5.75 Å². The average Bonchev–Trinajstić information content (AvgIpc) is 2.41. The van der Waals surface area contributed by atoms with Crippen molar-refractivity contribution < 1.29 is 9.53 Å². The molecule has 0 spiro atoms. The monoisotopic (exact) mass is 251 g/mol. The van der Waals surface area contributed by atoms with Gasteiger partial charge in [0.25, 0.3) is 0 Å². The van der Waals surface area contributed by atoms with E-state index >= 15 is 0 Å². The molecule has 1 rings (SSSR count). The summed E-state index contributed by atoms with van der Waals surface area (Å²) in [5.41, 5.74) is 6.19. The van der Waals surface area contributed by atoms with Crippen molar-refractivity contribution in [2.75, 3.05) is 32.1 Å². The minimum atomic E-state index is -0.0297. The number of amides is 1. The number of rotatable bonds is 8. The molecular formula is C13H21N3O2. The first-order valence-corrected chi connectivity index (χ1v) is 6.11. The molecule has 0 heterocycles. The fraction of sp³-hybridized carbons (Fsp3) is 0.462. The summed E-state index contributed by atoms with van der Waals surface area (Å²) in [5, 5.41) is 5.87. The highest BCUT2D eigenvalue weighted by atomic mass is 16.5. The molecule has 0 saturated carbocycles. The molecule has 5 nitrogen and oxygen atoms in total. The van der Waals surface area contributed by atoms with Crippen molar-refractivity contribution in [2.45, 2.75) is 12.8 Å². The van der Waals surface area contributed by atoms with E-state index < -0.39 is 0 Å². The van der Waals surface area contributed by atoms with Gasteiger partial charge in [-0.3, -0.25) is 4.79 Å². The molecule has 1 amide bonds. The molecule has 18 heavy (non-hydrogen) atoms. The van der Waals surface area contributed by atoms with E-state index in [0.29, 0.717) is 13.1 Å². The Morgan fingerprint density at radius 2 is 2.11 bits per heavy atom. The van der Waals surface area contributed by atoms with Crippen LogP contribution in [0.15, 0.2) is 24.3 Å². The van der Waals surface area contributed by atoms with Crippen LogP contribution in [0.5, 0.6) is 5.75 Å². The van der Waals surface area contributed by atoms with Crippen LogP contribution in [0.25, 0.3) is 0 Å². The number of carbonyl (C=O) groups excluding carboxylic acids is 1. The van der Waals surface area contributed by atoms with Crippen molar-refractivity contribution in [3.8, 4) is 5.75 Å². The summed E-state index contributed by atoms with van der Waals surface area (Å²) in [5.74, 6) is 0.700. The minimum absolute atomic E-state index is 0.0297. The van der Waals surface area contributed by atoms with Gasteiger partial charge < -0.3 is 21.1 Å². The van der Waals surface area contributed by atoms with Crippen molar-refractivity contribution in [2.24, 2.45) is 5.73 Å². The number of methoxy groups -OCH3 is 1. The number of ether oxygens (including phenoxy) is 1. The second-order valence-electron chi connectivity index (χ2n) is 3.90. The first-order valence-electron chi connectivity index (χ1n) is 6.11. The van der Waals surface area contributed by atoms with Crippen molar-refractivity contribution in [3.63, 3.8) is 0 Å². The van der Waals surface area contributed by atoms with E-state index in [1.807, 2.05) is 24.3 Å². The molecule has 4 N–H and O–H groups in total. The number of hydrogen-bond acceptors (Lipinski definition) is 4. The standard InChI is InChI=1S/C13H21N3O2/c1-18-12-7-3-2-6-11(12)16-10-13(17)15-9-5-4-8-14/h2-3,6-7,16H,4-5,8-10,14H2,1H3,(H,15,17). The molecule has 0 saturated heterocycles. The summed E-state index contributed by atoms with van der Waals surface area (Å²) >= 11 is 0. The van der Waals surface area contributed by atoms with Crippen molar-refractivity contribution in [1.29, 1.82) is 0 Å². The number of anilines is 1. The predicted molar refractivity (Wildman–Crippen MR) is 72.8 cm³/mol. The zero-order chi connectivity index (χ0) is 13.2. The van der Waals surface area contributed by atoms with Crippen LogP contribution in [0.4, 0.5) is 5.69 Å². The highest BCUT2D eigenvalue weighted by molar-refractivity contribution is 5.81. The Bertz CT molecular complexity index is 369. The summed E-state index contributed by atoms with van der Waals surface area (Å²) in [6.07, 6.45) is 1.84. The number of hydrogen-bond donors (Lipinski definition) is 3. The Hall–Kier alpha value is -1.75. The minimum Gasteiger partial charge on any atom is -0.495 e. The van der Waals surface area contributed by atoms with Crippen LogP contribution in [-0.4, -0.2) is 32.7 Å². The molecule has 0 aromatic heterocycles. The molecule has 0 bridgehead atoms. The quantitative estimate of drug-likeness (QED) is 0.602. The molecule has 1 aromatic carbocycles. The fourth-order valence-electron chi connectivity index (χ4n) is 1.53. The van der Waals surface area contributed by atoms with Gasteiger partial charge in [-0.25, -0.2) is 0 Å². The molecule has 0 radical (unpaired) electrons. The Morgan fingerprint density at radius 1 is 1.33 bits per heavy atom. The van der Waals surface area contributed by atoms with Crippen LogP contribution < -0.4 is 21.1 Å². The number of para-hydroxylation sites is 2. The van der Waals surface area contributed by atoms with Gasteiger partial charge in [-0.2, -0.15) is 0 Å². The van der Waals surface area contributed by atoms with Crippen molar-refractivity contribution in [3.05, 3.63) is 24.3 Å². The van der Waals surface area contributed by atoms with Gasteiger partial charge in [0.15, 0.2) is 0 Å². The maximum absolute atomic E-state index is 11.5. The van der Waals surface area contributed by atoms with Crippen LogP contribution in [0.2, 0.25) is 0 Å². The number of nitrogens with two attached hydrogens (primary N) is 1. The van der Waals surface area contributed by atoms with E-state index in [-0.39, 0.29) is 12.5 Å². The lowest BCUT2D eigenvalue weighted by molar-refractivity contribution is -0.119. The lowest BCUT2D eigenvalue weighted by Gasteiger charge is -2.10. The van der Waals surface area contributed by atoms with Gasteiger partial charge >= 0.3 is 0 Å². The van der Waals surface area contributed by atoms with Crippen LogP contribution in [-0.2, 0) is 4.79 Å². The molecular weight excluding hydrogens is 230 g/mol. The second-order valence-corrected chi connectivity index (χ2v) is 3.90. The highest BCUT2D eigenvalue weighted by Crippen LogP contribution is 2.22. The summed E-state index contributed by atoms with van der Waals surface area (Å²) in [4.78, 5) is 11.5. The Balaban J connectivity index is 2.29. The summed E-state index contributed by atoms with van der Waals surface area (Å²) in [7, 11) is 1.60. The van der Waals surface area contributed by atoms with Crippen LogP contribution in [0.3, 0.4) is 0 Å². The van der Waals surface area contributed by atoms with E-state index in [4.69, 9.17) is 10.5 Å². The molecule has 0 unspecified atom stereocenters. The zero-order valence-corrected chi connectivity index (χ0v) is 10.7. The molecule has 1 aromatic rings. The van der Waals surface area contributed by atoms with Gasteiger partial charge in [-0.1, -0.05) is 12.1 Å². The highest BCUT2D eigenvalue weighted by Gasteiger charge is 2.03. The molecule has 0 aliphatic rings. The lowest BCUT2D eigenvalue weighted by atomic mass is 10.3. The van der Waals surface area contributed by atoms with E-state index in [2.05, 4.69) is 10.6 Å². The largest absolute Gasteiger partial charge is 0.495 e. The number of benzene rings is 1. The summed E-state index contributed by atoms with van der Waals surface area (Å²) in [6, 6.07) is 7.50. The van der Waals surface area contributed by atoms with Gasteiger partial charge in [-0.05, 0) is 31.5 Å². The number of unbranched alkanes of at least 4 members (excludes halogenated alkanes) is 1. The van der Waals surface area contributed by atoms with Gasteiger partial charge in [0.05, 0.1) is 19.3 Å². The zero-order valence-electron chi connectivity index (χ0n) is 10.7. The first-order chi connectivity index (χ1) is 8.77.